The van der Waals surface area contributed by atoms with Crippen molar-refractivity contribution in [2.24, 2.45) is 5.73 Å². The number of carboxylic acid groups (broad SMARTS) is 1. The molecule has 0 aliphatic heterocycles. The van der Waals surface area contributed by atoms with E-state index in [1.54, 1.807) is 12.1 Å². The number of carboxylic acids is 1. The lowest BCUT2D eigenvalue weighted by atomic mass is 10.0. The first kappa shape index (κ1) is 12.6. The van der Waals surface area contributed by atoms with E-state index in [4.69, 9.17) is 20.0 Å². The van der Waals surface area contributed by atoms with E-state index in [0.29, 0.717) is 21.6 Å². The Bertz CT molecular complexity index is 644. The van der Waals surface area contributed by atoms with Crippen LogP contribution in [0, 0.1) is 0 Å². The normalized spacial score (nSPS) is 12.6. The quantitative estimate of drug-likeness (QED) is 0.868. The maximum absolute atomic E-state index is 11.1. The number of nitrogens with two attached hydrogens (primary N) is 1. The molecule has 0 aliphatic carbocycles. The van der Waals surface area contributed by atoms with Crippen molar-refractivity contribution in [3.8, 4) is 5.75 Å². The van der Waals surface area contributed by atoms with Crippen LogP contribution in [0.4, 0.5) is 0 Å². The summed E-state index contributed by atoms with van der Waals surface area (Å²) >= 11 is 0.957. The Labute approximate surface area is 106 Å². The van der Waals surface area contributed by atoms with E-state index in [2.05, 4.69) is 0 Å². The number of ether oxygens (including phenoxy) is 1. The van der Waals surface area contributed by atoms with Crippen LogP contribution in [0.5, 0.6) is 5.75 Å². The van der Waals surface area contributed by atoms with Gasteiger partial charge in [0.25, 0.3) is 0 Å². The summed E-state index contributed by atoms with van der Waals surface area (Å²) in [5.41, 5.74) is 6.69. The van der Waals surface area contributed by atoms with Crippen molar-refractivity contribution in [2.75, 3.05) is 7.11 Å². The first-order valence-corrected chi connectivity index (χ1v) is 5.92. The molecule has 18 heavy (non-hydrogen) atoms. The van der Waals surface area contributed by atoms with Crippen LogP contribution in [0.25, 0.3) is 10.3 Å². The van der Waals surface area contributed by atoms with Crippen molar-refractivity contribution in [3.05, 3.63) is 27.4 Å². The van der Waals surface area contributed by atoms with Crippen LogP contribution in [0.15, 0.2) is 21.3 Å². The van der Waals surface area contributed by atoms with E-state index in [-0.39, 0.29) is 6.42 Å². The molecule has 0 saturated heterocycles. The summed E-state index contributed by atoms with van der Waals surface area (Å²) in [6.07, 6.45) is -0.226. The van der Waals surface area contributed by atoms with Gasteiger partial charge >= 0.3 is 10.9 Å². The van der Waals surface area contributed by atoms with Crippen LogP contribution in [-0.4, -0.2) is 18.2 Å². The maximum atomic E-state index is 11.1. The lowest BCUT2D eigenvalue weighted by molar-refractivity contribution is -0.137. The molecule has 1 heterocycles. The highest BCUT2D eigenvalue weighted by atomic mass is 32.1. The van der Waals surface area contributed by atoms with E-state index >= 15 is 0 Å². The number of rotatable bonds is 4. The molecule has 1 aromatic heterocycles. The average molecular weight is 269 g/mol. The highest BCUT2D eigenvalue weighted by molar-refractivity contribution is 7.16. The van der Waals surface area contributed by atoms with E-state index in [1.807, 2.05) is 0 Å². The predicted octanol–water partition coefficient (Wildman–Crippen LogP) is 1.34. The van der Waals surface area contributed by atoms with Gasteiger partial charge in [0.05, 0.1) is 18.2 Å². The van der Waals surface area contributed by atoms with Gasteiger partial charge in [-0.2, -0.15) is 0 Å². The second-order valence-corrected chi connectivity index (χ2v) is 4.68. The monoisotopic (exact) mass is 269 g/mol. The third-order valence-corrected chi connectivity index (χ3v) is 3.27. The van der Waals surface area contributed by atoms with E-state index in [1.165, 1.54) is 7.11 Å². The second kappa shape index (κ2) is 4.79. The van der Waals surface area contributed by atoms with E-state index in [9.17, 15) is 9.59 Å². The van der Waals surface area contributed by atoms with Crippen molar-refractivity contribution in [2.45, 2.75) is 12.5 Å². The predicted molar refractivity (Wildman–Crippen MR) is 66.1 cm³/mol. The van der Waals surface area contributed by atoms with Gasteiger partial charge in [-0.05, 0) is 6.07 Å². The molecule has 0 saturated carbocycles. The molecule has 6 nitrogen and oxygen atoms in total. The number of hydrogen-bond acceptors (Lipinski definition) is 6. The highest BCUT2D eigenvalue weighted by Crippen LogP contribution is 2.31. The molecule has 1 unspecified atom stereocenters. The summed E-state index contributed by atoms with van der Waals surface area (Å²) in [6, 6.07) is 2.47. The molecule has 2 aromatic rings. The van der Waals surface area contributed by atoms with Crippen molar-refractivity contribution < 1.29 is 19.1 Å². The lowest BCUT2D eigenvalue weighted by Crippen LogP contribution is -2.15. The van der Waals surface area contributed by atoms with Crippen LogP contribution in [-0.2, 0) is 4.79 Å². The van der Waals surface area contributed by atoms with Gasteiger partial charge in [0.2, 0.25) is 0 Å². The molecular formula is C11H11NO5S. The van der Waals surface area contributed by atoms with Gasteiger partial charge in [-0.3, -0.25) is 4.79 Å². The minimum Gasteiger partial charge on any atom is -0.496 e. The highest BCUT2D eigenvalue weighted by Gasteiger charge is 2.18. The van der Waals surface area contributed by atoms with Crippen molar-refractivity contribution in [1.82, 2.24) is 0 Å². The topological polar surface area (TPSA) is 103 Å². The summed E-state index contributed by atoms with van der Waals surface area (Å²) in [5, 5.41) is 8.73. The Morgan fingerprint density at radius 2 is 2.33 bits per heavy atom. The molecule has 1 aromatic carbocycles. The molecular weight excluding hydrogens is 258 g/mol. The fourth-order valence-electron chi connectivity index (χ4n) is 1.68. The first-order chi connectivity index (χ1) is 8.51. The van der Waals surface area contributed by atoms with Crippen LogP contribution >= 0.6 is 11.3 Å². The largest absolute Gasteiger partial charge is 0.496 e. The second-order valence-electron chi connectivity index (χ2n) is 3.70. The first-order valence-electron chi connectivity index (χ1n) is 5.10. The van der Waals surface area contributed by atoms with Crippen LogP contribution < -0.4 is 15.4 Å². The number of methoxy groups -OCH3 is 1. The van der Waals surface area contributed by atoms with Gasteiger partial charge in [0.1, 0.15) is 11.3 Å². The van der Waals surface area contributed by atoms with Gasteiger partial charge in [0, 0.05) is 17.7 Å². The molecule has 0 aliphatic rings. The minimum atomic E-state index is -1.00. The molecule has 0 bridgehead atoms. The third kappa shape index (κ3) is 2.36. The van der Waals surface area contributed by atoms with E-state index in [0.717, 1.165) is 11.3 Å². The zero-order valence-electron chi connectivity index (χ0n) is 9.50. The van der Waals surface area contributed by atoms with Crippen molar-refractivity contribution in [3.63, 3.8) is 0 Å². The smallest absolute Gasteiger partial charge is 0.396 e. The third-order valence-electron chi connectivity index (χ3n) is 2.48. The Morgan fingerprint density at radius 3 is 2.94 bits per heavy atom. The number of carbonyl (C=O) groups is 1. The molecule has 0 fully saturated rings. The molecule has 3 N–H and O–H groups in total. The molecule has 1 atom stereocenters. The maximum Gasteiger partial charge on any atom is 0.396 e. The Kier molecular flexibility index (Phi) is 3.35. The fraction of sp³-hybridized carbons (Fsp3) is 0.273. The Hall–Kier alpha value is -1.86. The van der Waals surface area contributed by atoms with E-state index < -0.39 is 17.0 Å². The summed E-state index contributed by atoms with van der Waals surface area (Å²) in [7, 11) is 1.46. The van der Waals surface area contributed by atoms with Gasteiger partial charge in [-0.1, -0.05) is 11.3 Å². The molecule has 7 heteroatoms. The molecule has 96 valence electrons. The summed E-state index contributed by atoms with van der Waals surface area (Å²) in [6.45, 7) is 0. The van der Waals surface area contributed by atoms with Gasteiger partial charge in [-0.15, -0.1) is 0 Å². The number of benzene rings is 1. The summed E-state index contributed by atoms with van der Waals surface area (Å²) < 4.78 is 10.8. The number of fused-ring (bicyclic) bond motifs is 1. The summed E-state index contributed by atoms with van der Waals surface area (Å²) in [5.74, 6) is -0.551. The van der Waals surface area contributed by atoms with Crippen molar-refractivity contribution >= 4 is 27.6 Å². The Morgan fingerprint density at radius 1 is 1.61 bits per heavy atom. The SMILES string of the molecule is COc1cc2sc(=O)oc2cc1C(N)CC(=O)O. The Balaban J connectivity index is 2.53. The van der Waals surface area contributed by atoms with Crippen molar-refractivity contribution in [1.29, 1.82) is 0 Å². The lowest BCUT2D eigenvalue weighted by Gasteiger charge is -2.13. The summed E-state index contributed by atoms with van der Waals surface area (Å²) in [4.78, 5) is 21.4. The number of aliphatic carboxylic acids is 1. The molecule has 2 rings (SSSR count). The minimum absolute atomic E-state index is 0.226. The van der Waals surface area contributed by atoms with Crippen LogP contribution in [0.2, 0.25) is 0 Å². The van der Waals surface area contributed by atoms with Crippen LogP contribution in [0.3, 0.4) is 0 Å². The zero-order valence-corrected chi connectivity index (χ0v) is 10.3. The van der Waals surface area contributed by atoms with Gasteiger partial charge < -0.3 is 20.0 Å². The van der Waals surface area contributed by atoms with Gasteiger partial charge in [0.15, 0.2) is 0 Å². The number of hydrogen-bond donors (Lipinski definition) is 2. The standard InChI is InChI=1S/C11H11NO5S/c1-16-7-4-9-8(17-11(15)18-9)2-5(7)6(12)3-10(13)14/h2,4,6H,3,12H2,1H3,(H,13,14). The molecule has 0 spiro atoms. The fourth-order valence-corrected chi connectivity index (χ4v) is 2.36. The zero-order chi connectivity index (χ0) is 13.3. The molecule has 0 radical (unpaired) electrons. The average Bonchev–Trinajstić information content (AvgIpc) is 2.65. The van der Waals surface area contributed by atoms with Crippen LogP contribution in [0.1, 0.15) is 18.0 Å². The van der Waals surface area contributed by atoms with Gasteiger partial charge in [-0.25, -0.2) is 4.79 Å². The molecule has 0 amide bonds.